The summed E-state index contributed by atoms with van der Waals surface area (Å²) in [5.41, 5.74) is 0.144. The van der Waals surface area contributed by atoms with E-state index < -0.39 is 5.54 Å². The average molecular weight is 209 g/mol. The Kier molecular flexibility index (Phi) is 3.63. The summed E-state index contributed by atoms with van der Waals surface area (Å²) >= 11 is 0. The molecule has 4 heteroatoms. The predicted octanol–water partition coefficient (Wildman–Crippen LogP) is 1.47. The van der Waals surface area contributed by atoms with Crippen molar-refractivity contribution in [3.05, 3.63) is 18.0 Å². The molecular formula is C11H19N3O. The highest BCUT2D eigenvalue weighted by Crippen LogP contribution is 2.12. The van der Waals surface area contributed by atoms with Gasteiger partial charge in [0.15, 0.2) is 5.78 Å². The van der Waals surface area contributed by atoms with Crippen LogP contribution >= 0.6 is 0 Å². The van der Waals surface area contributed by atoms with Crippen molar-refractivity contribution < 1.29 is 4.79 Å². The topological polar surface area (TPSA) is 46.9 Å². The number of ketones is 1. The lowest BCUT2D eigenvalue weighted by molar-refractivity contribution is 0.0872. The standard InChI is InChI=1S/C11H19N3O/c1-5-12-11(3,4)10(15)9-7-8-13-14(9)6-2/h7-8,12H,5-6H2,1-4H3. The number of aromatic nitrogens is 2. The van der Waals surface area contributed by atoms with Gasteiger partial charge in [0.05, 0.1) is 5.54 Å². The summed E-state index contributed by atoms with van der Waals surface area (Å²) in [4.78, 5) is 12.2. The summed E-state index contributed by atoms with van der Waals surface area (Å²) in [5.74, 6) is 0.0868. The predicted molar refractivity (Wildman–Crippen MR) is 60.0 cm³/mol. The Labute approximate surface area is 90.7 Å². The van der Waals surface area contributed by atoms with E-state index >= 15 is 0 Å². The van der Waals surface area contributed by atoms with E-state index in [0.29, 0.717) is 5.69 Å². The molecule has 0 spiro atoms. The smallest absolute Gasteiger partial charge is 0.200 e. The van der Waals surface area contributed by atoms with Gasteiger partial charge in [0.25, 0.3) is 0 Å². The molecule has 0 saturated heterocycles. The summed E-state index contributed by atoms with van der Waals surface area (Å²) in [7, 11) is 0. The fourth-order valence-corrected chi connectivity index (χ4v) is 1.62. The van der Waals surface area contributed by atoms with Gasteiger partial charge in [0.2, 0.25) is 0 Å². The highest BCUT2D eigenvalue weighted by molar-refractivity contribution is 6.01. The van der Waals surface area contributed by atoms with E-state index in [4.69, 9.17) is 0 Å². The van der Waals surface area contributed by atoms with Crippen LogP contribution in [0.2, 0.25) is 0 Å². The monoisotopic (exact) mass is 209 g/mol. The molecule has 4 nitrogen and oxygen atoms in total. The number of likely N-dealkylation sites (N-methyl/N-ethyl adjacent to an activating group) is 1. The lowest BCUT2D eigenvalue weighted by atomic mass is 9.96. The van der Waals surface area contributed by atoms with Crippen LogP contribution in [0.25, 0.3) is 0 Å². The fourth-order valence-electron chi connectivity index (χ4n) is 1.62. The molecule has 1 heterocycles. The molecule has 0 radical (unpaired) electrons. The number of hydrogen-bond acceptors (Lipinski definition) is 3. The Balaban J connectivity index is 2.93. The highest BCUT2D eigenvalue weighted by atomic mass is 16.1. The number of aryl methyl sites for hydroxylation is 1. The molecule has 1 aromatic heterocycles. The van der Waals surface area contributed by atoms with Crippen molar-refractivity contribution in [1.82, 2.24) is 15.1 Å². The lowest BCUT2D eigenvalue weighted by Crippen LogP contribution is -2.47. The van der Waals surface area contributed by atoms with E-state index in [1.165, 1.54) is 0 Å². The molecule has 1 aromatic rings. The molecule has 0 aliphatic carbocycles. The van der Waals surface area contributed by atoms with Crippen molar-refractivity contribution in [2.24, 2.45) is 0 Å². The second kappa shape index (κ2) is 4.57. The highest BCUT2D eigenvalue weighted by Gasteiger charge is 2.29. The quantitative estimate of drug-likeness (QED) is 0.747. The number of carbonyl (C=O) groups excluding carboxylic acids is 1. The first-order chi connectivity index (χ1) is 7.03. The van der Waals surface area contributed by atoms with Gasteiger partial charge in [-0.1, -0.05) is 6.92 Å². The summed E-state index contributed by atoms with van der Waals surface area (Å²) in [6, 6.07) is 1.77. The zero-order chi connectivity index (χ0) is 11.5. The van der Waals surface area contributed by atoms with Gasteiger partial charge >= 0.3 is 0 Å². The van der Waals surface area contributed by atoms with Crippen LogP contribution in [0, 0.1) is 0 Å². The fraction of sp³-hybridized carbons (Fsp3) is 0.636. The van der Waals surface area contributed by atoms with Gasteiger partial charge in [-0.25, -0.2) is 0 Å². The lowest BCUT2D eigenvalue weighted by Gasteiger charge is -2.24. The van der Waals surface area contributed by atoms with Crippen molar-refractivity contribution in [2.45, 2.75) is 39.8 Å². The van der Waals surface area contributed by atoms with Crippen LogP contribution in [-0.4, -0.2) is 27.6 Å². The maximum Gasteiger partial charge on any atom is 0.200 e. The van der Waals surface area contributed by atoms with Gasteiger partial charge < -0.3 is 5.32 Å². The molecule has 0 fully saturated rings. The van der Waals surface area contributed by atoms with Crippen LogP contribution in [0.3, 0.4) is 0 Å². The Bertz CT molecular complexity index is 341. The summed E-state index contributed by atoms with van der Waals surface area (Å²) in [5, 5.41) is 7.27. The number of nitrogens with one attached hydrogen (secondary N) is 1. The molecule has 0 atom stereocenters. The van der Waals surface area contributed by atoms with E-state index in [2.05, 4.69) is 10.4 Å². The number of carbonyl (C=O) groups is 1. The molecule has 0 aliphatic heterocycles. The van der Waals surface area contributed by atoms with Crippen molar-refractivity contribution in [2.75, 3.05) is 6.54 Å². The maximum absolute atomic E-state index is 12.2. The maximum atomic E-state index is 12.2. The third-order valence-corrected chi connectivity index (χ3v) is 2.44. The van der Waals surface area contributed by atoms with E-state index in [0.717, 1.165) is 13.1 Å². The minimum atomic E-state index is -0.526. The first kappa shape index (κ1) is 11.9. The second-order valence-electron chi connectivity index (χ2n) is 4.02. The van der Waals surface area contributed by atoms with Crippen LogP contribution in [0.5, 0.6) is 0 Å². The molecule has 84 valence electrons. The minimum Gasteiger partial charge on any atom is -0.305 e. The molecule has 15 heavy (non-hydrogen) atoms. The van der Waals surface area contributed by atoms with Crippen LogP contribution < -0.4 is 5.32 Å². The number of rotatable bonds is 5. The first-order valence-electron chi connectivity index (χ1n) is 5.34. The van der Waals surface area contributed by atoms with Gasteiger partial charge in [0.1, 0.15) is 5.69 Å². The molecular weight excluding hydrogens is 190 g/mol. The van der Waals surface area contributed by atoms with Crippen LogP contribution in [0.1, 0.15) is 38.2 Å². The zero-order valence-corrected chi connectivity index (χ0v) is 9.87. The van der Waals surface area contributed by atoms with Crippen LogP contribution in [-0.2, 0) is 6.54 Å². The number of Topliss-reactive ketones (excluding diaryl/α,β-unsaturated/α-hetero) is 1. The normalized spacial score (nSPS) is 11.7. The zero-order valence-electron chi connectivity index (χ0n) is 9.87. The van der Waals surface area contributed by atoms with E-state index in [-0.39, 0.29) is 5.78 Å². The molecule has 0 aromatic carbocycles. The Morgan fingerprint density at radius 1 is 1.53 bits per heavy atom. The van der Waals surface area contributed by atoms with Gasteiger partial charge in [-0.15, -0.1) is 0 Å². The van der Waals surface area contributed by atoms with Crippen molar-refractivity contribution in [3.8, 4) is 0 Å². The minimum absolute atomic E-state index is 0.0868. The van der Waals surface area contributed by atoms with Crippen molar-refractivity contribution in [3.63, 3.8) is 0 Å². The largest absolute Gasteiger partial charge is 0.305 e. The number of hydrogen-bond donors (Lipinski definition) is 1. The Hall–Kier alpha value is -1.16. The van der Waals surface area contributed by atoms with Crippen molar-refractivity contribution >= 4 is 5.78 Å². The van der Waals surface area contributed by atoms with Crippen LogP contribution in [0.15, 0.2) is 12.3 Å². The van der Waals surface area contributed by atoms with E-state index in [1.54, 1.807) is 16.9 Å². The third-order valence-electron chi connectivity index (χ3n) is 2.44. The Morgan fingerprint density at radius 2 is 2.20 bits per heavy atom. The average Bonchev–Trinajstić information content (AvgIpc) is 2.63. The summed E-state index contributed by atoms with van der Waals surface area (Å²) in [6.07, 6.45) is 1.67. The van der Waals surface area contributed by atoms with Gasteiger partial charge in [-0.3, -0.25) is 9.48 Å². The summed E-state index contributed by atoms with van der Waals surface area (Å²) in [6.45, 7) is 9.25. The molecule has 0 bridgehead atoms. The van der Waals surface area contributed by atoms with Gasteiger partial charge in [-0.05, 0) is 33.4 Å². The molecule has 0 unspecified atom stereocenters. The van der Waals surface area contributed by atoms with E-state index in [1.807, 2.05) is 27.7 Å². The summed E-state index contributed by atoms with van der Waals surface area (Å²) < 4.78 is 1.72. The molecule has 1 N–H and O–H groups in total. The SMILES string of the molecule is CCNC(C)(C)C(=O)c1ccnn1CC. The second-order valence-corrected chi connectivity index (χ2v) is 4.02. The first-order valence-corrected chi connectivity index (χ1v) is 5.34. The molecule has 1 rings (SSSR count). The van der Waals surface area contributed by atoms with Gasteiger partial charge in [-0.2, -0.15) is 5.10 Å². The van der Waals surface area contributed by atoms with Gasteiger partial charge in [0, 0.05) is 12.7 Å². The third kappa shape index (κ3) is 2.45. The number of nitrogens with zero attached hydrogens (tertiary/aromatic N) is 2. The van der Waals surface area contributed by atoms with E-state index in [9.17, 15) is 4.79 Å². The molecule has 0 aliphatic rings. The van der Waals surface area contributed by atoms with Crippen molar-refractivity contribution in [1.29, 1.82) is 0 Å². The Morgan fingerprint density at radius 3 is 2.73 bits per heavy atom. The molecule has 0 saturated carbocycles. The molecule has 0 amide bonds. The van der Waals surface area contributed by atoms with Crippen LogP contribution in [0.4, 0.5) is 0 Å².